The lowest BCUT2D eigenvalue weighted by atomic mass is 10.1. The summed E-state index contributed by atoms with van der Waals surface area (Å²) in [7, 11) is -3.56. The number of unbranched alkanes of at least 4 members (excludes halogenated alkanes) is 2. The van der Waals surface area contributed by atoms with Gasteiger partial charge >= 0.3 is 0 Å². The molecule has 0 atom stereocenters. The van der Waals surface area contributed by atoms with Crippen molar-refractivity contribution in [1.29, 1.82) is 0 Å². The molecule has 0 aromatic heterocycles. The zero-order valence-corrected chi connectivity index (χ0v) is 13.8. The van der Waals surface area contributed by atoms with Crippen LogP contribution in [0.1, 0.15) is 25.7 Å². The summed E-state index contributed by atoms with van der Waals surface area (Å²) in [6.45, 7) is 0.344. The third-order valence-corrected chi connectivity index (χ3v) is 6.10. The van der Waals surface area contributed by atoms with Crippen molar-refractivity contribution in [3.8, 4) is 0 Å². The number of nitrogen functional groups attached to an aromatic ring is 1. The Morgan fingerprint density at radius 1 is 1.17 bits per heavy atom. The number of nitrogens with zero attached hydrogens (tertiary/aromatic N) is 1. The summed E-state index contributed by atoms with van der Waals surface area (Å²) in [5.41, 5.74) is 8.76. The van der Waals surface area contributed by atoms with E-state index >= 15 is 0 Å². The fraction of sp³-hybridized carbons (Fsp3) is 0.312. The Kier molecular flexibility index (Phi) is 4.33. The second kappa shape index (κ2) is 6.29. The van der Waals surface area contributed by atoms with Crippen molar-refractivity contribution >= 4 is 38.1 Å². The number of rotatable bonds is 6. The molecule has 4 N–H and O–H groups in total. The molecule has 0 aliphatic carbocycles. The van der Waals surface area contributed by atoms with Crippen molar-refractivity contribution in [2.75, 3.05) is 16.6 Å². The van der Waals surface area contributed by atoms with Gasteiger partial charge in [0.15, 0.2) is 0 Å². The van der Waals surface area contributed by atoms with Crippen molar-refractivity contribution in [3.63, 3.8) is 0 Å². The SMILES string of the molecule is Nc1ccc2c3c(cccc13)S(=O)(=O)N2CCCCCC(=O)NO. The van der Waals surface area contributed by atoms with Crippen molar-refractivity contribution in [3.05, 3.63) is 30.3 Å². The van der Waals surface area contributed by atoms with Crippen LogP contribution in [0.4, 0.5) is 11.4 Å². The molecule has 1 aliphatic heterocycles. The third-order valence-electron chi connectivity index (χ3n) is 4.24. The summed E-state index contributed by atoms with van der Waals surface area (Å²) in [6, 6.07) is 8.59. The first kappa shape index (κ1) is 16.5. The molecule has 0 unspecified atom stereocenters. The first-order valence-electron chi connectivity index (χ1n) is 7.73. The van der Waals surface area contributed by atoms with E-state index in [0.717, 1.165) is 5.39 Å². The molecule has 1 amide bonds. The molecule has 3 rings (SSSR count). The largest absolute Gasteiger partial charge is 0.398 e. The Labute approximate surface area is 140 Å². The number of nitrogens with two attached hydrogens (primary N) is 1. The van der Waals surface area contributed by atoms with E-state index in [4.69, 9.17) is 10.9 Å². The minimum Gasteiger partial charge on any atom is -0.398 e. The summed E-state index contributed by atoms with van der Waals surface area (Å²) < 4.78 is 27.0. The number of hydrogen-bond donors (Lipinski definition) is 3. The van der Waals surface area contributed by atoms with Gasteiger partial charge in [-0.1, -0.05) is 18.6 Å². The van der Waals surface area contributed by atoms with Crippen LogP contribution in [-0.2, 0) is 14.8 Å². The quantitative estimate of drug-likeness (QED) is 0.319. The van der Waals surface area contributed by atoms with Gasteiger partial charge in [-0.05, 0) is 31.0 Å². The van der Waals surface area contributed by atoms with Crippen LogP contribution < -0.4 is 15.5 Å². The van der Waals surface area contributed by atoms with Crippen molar-refractivity contribution in [2.24, 2.45) is 0 Å². The maximum atomic E-state index is 12.8. The number of carbonyl (C=O) groups is 1. The second-order valence-electron chi connectivity index (χ2n) is 5.78. The Morgan fingerprint density at radius 3 is 2.71 bits per heavy atom. The predicted octanol–water partition coefficient (Wildman–Crippen LogP) is 2.00. The molecule has 24 heavy (non-hydrogen) atoms. The fourth-order valence-corrected chi connectivity index (χ4v) is 4.80. The molecule has 0 spiro atoms. The Balaban J connectivity index is 1.79. The fourth-order valence-electron chi connectivity index (χ4n) is 3.06. The predicted molar refractivity (Wildman–Crippen MR) is 91.3 cm³/mol. The van der Waals surface area contributed by atoms with Gasteiger partial charge in [-0.3, -0.25) is 14.3 Å². The van der Waals surface area contributed by atoms with E-state index in [1.54, 1.807) is 29.7 Å². The van der Waals surface area contributed by atoms with Gasteiger partial charge in [0.2, 0.25) is 5.91 Å². The number of amides is 1. The van der Waals surface area contributed by atoms with Gasteiger partial charge in [0.05, 0.1) is 10.6 Å². The Hall–Kier alpha value is -2.32. The van der Waals surface area contributed by atoms with E-state index in [-0.39, 0.29) is 6.42 Å². The highest BCUT2D eigenvalue weighted by molar-refractivity contribution is 7.93. The molecule has 1 heterocycles. The van der Waals surface area contributed by atoms with Gasteiger partial charge in [0.25, 0.3) is 10.0 Å². The molecule has 2 aromatic carbocycles. The lowest BCUT2D eigenvalue weighted by Gasteiger charge is -2.18. The number of carbonyl (C=O) groups excluding carboxylic acids is 1. The first-order chi connectivity index (χ1) is 11.5. The maximum absolute atomic E-state index is 12.8. The summed E-state index contributed by atoms with van der Waals surface area (Å²) in [5.74, 6) is -0.434. The first-order valence-corrected chi connectivity index (χ1v) is 9.17. The smallest absolute Gasteiger partial charge is 0.265 e. The zero-order valence-electron chi connectivity index (χ0n) is 13.0. The van der Waals surface area contributed by atoms with Crippen molar-refractivity contribution in [2.45, 2.75) is 30.6 Å². The molecule has 0 bridgehead atoms. The van der Waals surface area contributed by atoms with Crippen LogP contribution >= 0.6 is 0 Å². The summed E-state index contributed by atoms with van der Waals surface area (Å²) in [5, 5.41) is 9.87. The molecule has 0 saturated carbocycles. The number of benzene rings is 2. The van der Waals surface area contributed by atoms with Gasteiger partial charge in [-0.15, -0.1) is 0 Å². The molecule has 128 valence electrons. The van der Waals surface area contributed by atoms with Crippen molar-refractivity contribution < 1.29 is 18.4 Å². The van der Waals surface area contributed by atoms with E-state index in [1.807, 2.05) is 6.07 Å². The number of hydroxylamine groups is 1. The summed E-state index contributed by atoms with van der Waals surface area (Å²) in [4.78, 5) is 11.3. The third kappa shape index (κ3) is 2.67. The van der Waals surface area contributed by atoms with E-state index < -0.39 is 15.9 Å². The molecule has 0 radical (unpaired) electrons. The monoisotopic (exact) mass is 349 g/mol. The molecule has 8 heteroatoms. The normalized spacial score (nSPS) is 15.0. The second-order valence-corrected chi connectivity index (χ2v) is 7.61. The van der Waals surface area contributed by atoms with Gasteiger partial charge < -0.3 is 5.73 Å². The van der Waals surface area contributed by atoms with Crippen LogP contribution in [-0.4, -0.2) is 26.1 Å². The number of nitrogens with one attached hydrogen (secondary N) is 1. The summed E-state index contributed by atoms with van der Waals surface area (Å²) >= 11 is 0. The number of hydrogen-bond acceptors (Lipinski definition) is 5. The number of anilines is 2. The molecule has 1 aliphatic rings. The van der Waals surface area contributed by atoms with Crippen LogP contribution in [0.2, 0.25) is 0 Å². The van der Waals surface area contributed by atoms with Gasteiger partial charge in [-0.2, -0.15) is 0 Å². The lowest BCUT2D eigenvalue weighted by molar-refractivity contribution is -0.129. The average Bonchev–Trinajstić information content (AvgIpc) is 2.79. The standard InChI is InChI=1S/C16H19N3O4S/c17-12-8-9-13-16-11(12)5-4-6-14(16)24(22,23)19(13)10-3-1-2-7-15(20)18-21/h4-6,8-9,21H,1-3,7,10,17H2,(H,18,20). The highest BCUT2D eigenvalue weighted by atomic mass is 32.2. The molecule has 0 saturated heterocycles. The topological polar surface area (TPSA) is 113 Å². The number of sulfonamides is 1. The van der Waals surface area contributed by atoms with Gasteiger partial charge in [0.1, 0.15) is 0 Å². The zero-order chi connectivity index (χ0) is 17.3. The summed E-state index contributed by atoms with van der Waals surface area (Å²) in [6.07, 6.45) is 2.12. The Morgan fingerprint density at radius 2 is 1.96 bits per heavy atom. The molecule has 2 aromatic rings. The van der Waals surface area contributed by atoms with Crippen molar-refractivity contribution in [1.82, 2.24) is 5.48 Å². The molecule has 0 fully saturated rings. The average molecular weight is 349 g/mol. The Bertz CT molecular complexity index is 896. The van der Waals surface area contributed by atoms with Crippen LogP contribution in [0.15, 0.2) is 35.2 Å². The van der Waals surface area contributed by atoms with Gasteiger partial charge in [0, 0.05) is 29.4 Å². The molecular formula is C16H19N3O4S. The van der Waals surface area contributed by atoms with E-state index in [0.29, 0.717) is 47.5 Å². The maximum Gasteiger partial charge on any atom is 0.265 e. The highest BCUT2D eigenvalue weighted by Crippen LogP contribution is 2.43. The highest BCUT2D eigenvalue weighted by Gasteiger charge is 2.35. The molecular weight excluding hydrogens is 330 g/mol. The molecule has 7 nitrogen and oxygen atoms in total. The van der Waals surface area contributed by atoms with E-state index in [9.17, 15) is 13.2 Å². The minimum absolute atomic E-state index is 0.218. The van der Waals surface area contributed by atoms with E-state index in [2.05, 4.69) is 0 Å². The van der Waals surface area contributed by atoms with Crippen LogP contribution in [0, 0.1) is 0 Å². The van der Waals surface area contributed by atoms with E-state index in [1.165, 1.54) is 4.31 Å². The van der Waals surface area contributed by atoms with Gasteiger partial charge in [-0.25, -0.2) is 13.9 Å². The van der Waals surface area contributed by atoms with Crippen LogP contribution in [0.3, 0.4) is 0 Å². The van der Waals surface area contributed by atoms with Crippen LogP contribution in [0.25, 0.3) is 10.8 Å². The van der Waals surface area contributed by atoms with Crippen LogP contribution in [0.5, 0.6) is 0 Å². The minimum atomic E-state index is -3.56. The lowest BCUT2D eigenvalue weighted by Crippen LogP contribution is -2.28.